The van der Waals surface area contributed by atoms with E-state index in [0.717, 1.165) is 17.2 Å². The van der Waals surface area contributed by atoms with Gasteiger partial charge in [-0.15, -0.1) is 0 Å². The van der Waals surface area contributed by atoms with E-state index in [2.05, 4.69) is 15.2 Å². The summed E-state index contributed by atoms with van der Waals surface area (Å²) in [7, 11) is -1.64. The number of anilines is 1. The molecular formula is C23H27N5O3S. The number of carbonyl (C=O) groups is 1. The molecule has 32 heavy (non-hydrogen) atoms. The van der Waals surface area contributed by atoms with Crippen molar-refractivity contribution in [3.05, 3.63) is 71.7 Å². The Balaban J connectivity index is 1.56. The van der Waals surface area contributed by atoms with Crippen LogP contribution in [0.4, 0.5) is 5.69 Å². The van der Waals surface area contributed by atoms with Crippen molar-refractivity contribution in [3.8, 4) is 5.82 Å². The van der Waals surface area contributed by atoms with E-state index in [-0.39, 0.29) is 10.8 Å². The second-order valence-corrected chi connectivity index (χ2v) is 9.94. The van der Waals surface area contributed by atoms with E-state index in [0.29, 0.717) is 37.4 Å². The summed E-state index contributed by atoms with van der Waals surface area (Å²) >= 11 is 0. The molecule has 3 heterocycles. The maximum absolute atomic E-state index is 13.0. The van der Waals surface area contributed by atoms with Gasteiger partial charge in [-0.3, -0.25) is 4.79 Å². The number of amides is 1. The fraction of sp³-hybridized carbons (Fsp3) is 0.304. The number of hydrogen-bond acceptors (Lipinski definition) is 5. The number of hydrogen-bond donors (Lipinski definition) is 1. The highest BCUT2D eigenvalue weighted by molar-refractivity contribution is 7.89. The summed E-state index contributed by atoms with van der Waals surface area (Å²) in [5.74, 6) is 0.441. The monoisotopic (exact) mass is 453 g/mol. The van der Waals surface area contributed by atoms with Crippen molar-refractivity contribution < 1.29 is 13.2 Å². The van der Waals surface area contributed by atoms with Crippen LogP contribution in [-0.4, -0.2) is 66.3 Å². The van der Waals surface area contributed by atoms with Gasteiger partial charge in [-0.25, -0.2) is 13.4 Å². The van der Waals surface area contributed by atoms with Crippen LogP contribution in [0, 0.1) is 13.8 Å². The lowest BCUT2D eigenvalue weighted by Gasteiger charge is -2.31. The number of pyridine rings is 1. The van der Waals surface area contributed by atoms with Crippen LogP contribution < -0.4 is 5.32 Å². The molecule has 0 aliphatic carbocycles. The Kier molecular flexibility index (Phi) is 6.14. The van der Waals surface area contributed by atoms with Crippen LogP contribution in [0.15, 0.2) is 59.6 Å². The molecule has 8 nitrogen and oxygen atoms in total. The summed E-state index contributed by atoms with van der Waals surface area (Å²) in [6.45, 7) is 6.08. The van der Waals surface area contributed by atoms with Gasteiger partial charge in [0.25, 0.3) is 5.91 Å². The summed E-state index contributed by atoms with van der Waals surface area (Å²) in [5, 5.41) is 2.85. The Morgan fingerprint density at radius 2 is 1.75 bits per heavy atom. The molecule has 1 N–H and O–H groups in total. The molecule has 0 spiro atoms. The third kappa shape index (κ3) is 4.32. The molecule has 0 bridgehead atoms. The number of benzene rings is 1. The minimum Gasteiger partial charge on any atom is -0.322 e. The molecule has 1 aliphatic rings. The maximum atomic E-state index is 13.0. The van der Waals surface area contributed by atoms with E-state index >= 15 is 0 Å². The largest absolute Gasteiger partial charge is 0.322 e. The SMILES string of the molecule is Cc1cc(C(=O)Nc2cccc(S(=O)(=O)N3CCN(C)CC3)c2)c(C)n1-c1ccccn1. The van der Waals surface area contributed by atoms with Crippen LogP contribution >= 0.6 is 0 Å². The molecule has 1 aromatic carbocycles. The van der Waals surface area contributed by atoms with Gasteiger partial charge in [0.15, 0.2) is 0 Å². The summed E-state index contributed by atoms with van der Waals surface area (Å²) in [5.41, 5.74) is 2.60. The highest BCUT2D eigenvalue weighted by atomic mass is 32.2. The van der Waals surface area contributed by atoms with Crippen molar-refractivity contribution in [2.75, 3.05) is 38.5 Å². The normalized spacial score (nSPS) is 15.6. The zero-order valence-corrected chi connectivity index (χ0v) is 19.3. The molecule has 168 valence electrons. The molecule has 0 radical (unpaired) electrons. The highest BCUT2D eigenvalue weighted by Gasteiger charge is 2.27. The van der Waals surface area contributed by atoms with Gasteiger partial charge in [-0.05, 0) is 57.3 Å². The number of carbonyl (C=O) groups excluding carboxylic acids is 1. The fourth-order valence-electron chi connectivity index (χ4n) is 3.94. The number of sulfonamides is 1. The van der Waals surface area contributed by atoms with Crippen molar-refractivity contribution in [2.45, 2.75) is 18.7 Å². The quantitative estimate of drug-likeness (QED) is 0.642. The lowest BCUT2D eigenvalue weighted by atomic mass is 10.2. The fourth-order valence-corrected chi connectivity index (χ4v) is 5.41. The Morgan fingerprint density at radius 1 is 1.00 bits per heavy atom. The predicted molar refractivity (Wildman–Crippen MR) is 124 cm³/mol. The number of piperazine rings is 1. The Bertz CT molecular complexity index is 1230. The lowest BCUT2D eigenvalue weighted by Crippen LogP contribution is -2.47. The van der Waals surface area contributed by atoms with E-state index in [1.165, 1.54) is 10.4 Å². The summed E-state index contributed by atoms with van der Waals surface area (Å²) in [4.78, 5) is 19.7. The van der Waals surface area contributed by atoms with Gasteiger partial charge in [0, 0.05) is 49.5 Å². The van der Waals surface area contributed by atoms with Crippen LogP contribution in [0.25, 0.3) is 5.82 Å². The Hall–Kier alpha value is -3.01. The summed E-state index contributed by atoms with van der Waals surface area (Å²) in [6, 6.07) is 13.9. The van der Waals surface area contributed by atoms with Gasteiger partial charge in [-0.1, -0.05) is 12.1 Å². The zero-order chi connectivity index (χ0) is 22.9. The molecule has 0 saturated carbocycles. The first-order chi connectivity index (χ1) is 15.3. The van der Waals surface area contributed by atoms with Gasteiger partial charge >= 0.3 is 0 Å². The summed E-state index contributed by atoms with van der Waals surface area (Å²) in [6.07, 6.45) is 1.71. The minimum atomic E-state index is -3.61. The zero-order valence-electron chi connectivity index (χ0n) is 18.4. The van der Waals surface area contributed by atoms with Crippen molar-refractivity contribution in [2.24, 2.45) is 0 Å². The molecule has 1 fully saturated rings. The molecule has 2 aromatic heterocycles. The third-order valence-corrected chi connectivity index (χ3v) is 7.64. The van der Waals surface area contributed by atoms with Gasteiger partial charge < -0.3 is 14.8 Å². The van der Waals surface area contributed by atoms with Crippen LogP contribution in [0.1, 0.15) is 21.7 Å². The van der Waals surface area contributed by atoms with E-state index in [1.54, 1.807) is 24.4 Å². The van der Waals surface area contributed by atoms with Crippen LogP contribution in [0.2, 0.25) is 0 Å². The number of rotatable bonds is 5. The van der Waals surface area contributed by atoms with Crippen LogP contribution in [0.5, 0.6) is 0 Å². The standard InChI is InChI=1S/C23H27N5O3S/c1-17-15-21(18(2)28(17)22-9-4-5-10-24-22)23(29)25-19-7-6-8-20(16-19)32(30,31)27-13-11-26(3)12-14-27/h4-10,15-16H,11-14H2,1-3H3,(H,25,29). The van der Waals surface area contributed by atoms with Gasteiger partial charge in [-0.2, -0.15) is 4.31 Å². The average Bonchev–Trinajstić information content (AvgIpc) is 3.09. The second kappa shape index (κ2) is 8.85. The molecule has 0 atom stereocenters. The van der Waals surface area contributed by atoms with Crippen LogP contribution in [-0.2, 0) is 10.0 Å². The molecule has 1 saturated heterocycles. The number of aryl methyl sites for hydroxylation is 1. The van der Waals surface area contributed by atoms with E-state index in [9.17, 15) is 13.2 Å². The Labute approximate surface area is 188 Å². The predicted octanol–water partition coefficient (Wildman–Crippen LogP) is 2.68. The van der Waals surface area contributed by atoms with Gasteiger partial charge in [0.2, 0.25) is 10.0 Å². The molecule has 1 aliphatic heterocycles. The first-order valence-corrected chi connectivity index (χ1v) is 11.9. The highest BCUT2D eigenvalue weighted by Crippen LogP contribution is 2.23. The molecular weight excluding hydrogens is 426 g/mol. The van der Waals surface area contributed by atoms with E-state index in [1.807, 2.05) is 49.7 Å². The van der Waals surface area contributed by atoms with Gasteiger partial charge in [0.05, 0.1) is 10.5 Å². The van der Waals surface area contributed by atoms with Gasteiger partial charge in [0.1, 0.15) is 5.82 Å². The topological polar surface area (TPSA) is 87.5 Å². The minimum absolute atomic E-state index is 0.179. The Morgan fingerprint density at radius 3 is 2.44 bits per heavy atom. The molecule has 9 heteroatoms. The van der Waals surface area contributed by atoms with Crippen molar-refractivity contribution in [1.29, 1.82) is 0 Å². The molecule has 1 amide bonds. The first kappa shape index (κ1) is 22.2. The van der Waals surface area contributed by atoms with E-state index < -0.39 is 10.0 Å². The third-order valence-electron chi connectivity index (χ3n) is 5.75. The number of likely N-dealkylation sites (N-methyl/N-ethyl adjacent to an activating group) is 1. The average molecular weight is 454 g/mol. The molecule has 3 aromatic rings. The number of aromatic nitrogens is 2. The first-order valence-electron chi connectivity index (χ1n) is 10.5. The maximum Gasteiger partial charge on any atom is 0.257 e. The smallest absolute Gasteiger partial charge is 0.257 e. The lowest BCUT2D eigenvalue weighted by molar-refractivity contribution is 0.102. The van der Waals surface area contributed by atoms with Crippen molar-refractivity contribution in [1.82, 2.24) is 18.8 Å². The summed E-state index contributed by atoms with van der Waals surface area (Å²) < 4.78 is 29.5. The van der Waals surface area contributed by atoms with E-state index in [4.69, 9.17) is 0 Å². The number of nitrogens with one attached hydrogen (secondary N) is 1. The van der Waals surface area contributed by atoms with Crippen molar-refractivity contribution >= 4 is 21.6 Å². The van der Waals surface area contributed by atoms with Crippen LogP contribution in [0.3, 0.4) is 0 Å². The number of nitrogens with zero attached hydrogens (tertiary/aromatic N) is 4. The second-order valence-electron chi connectivity index (χ2n) is 8.00. The molecule has 4 rings (SSSR count). The van der Waals surface area contributed by atoms with Crippen molar-refractivity contribution in [3.63, 3.8) is 0 Å². The molecule has 0 unspecified atom stereocenters.